The van der Waals surface area contributed by atoms with Gasteiger partial charge in [0.25, 0.3) is 0 Å². The molecule has 1 aliphatic rings. The van der Waals surface area contributed by atoms with E-state index >= 15 is 0 Å². The highest BCUT2D eigenvalue weighted by molar-refractivity contribution is 5.29. The van der Waals surface area contributed by atoms with Crippen LogP contribution in [-0.2, 0) is 4.74 Å². The van der Waals surface area contributed by atoms with Crippen molar-refractivity contribution >= 4 is 0 Å². The SMILES string of the molecule is CC(C)CC(C)c1ccc(OC(C)OCCC2CCCCC2)cc1. The molecular weight excluding hydrogens is 296 g/mol. The third-order valence-corrected chi connectivity index (χ3v) is 5.18. The van der Waals surface area contributed by atoms with Gasteiger partial charge in [-0.15, -0.1) is 0 Å². The second-order valence-corrected chi connectivity index (χ2v) is 7.95. The Bertz CT molecular complexity index is 446. The molecule has 0 spiro atoms. The average Bonchev–Trinajstić information content (AvgIpc) is 2.56. The summed E-state index contributed by atoms with van der Waals surface area (Å²) < 4.78 is 11.8. The Balaban J connectivity index is 1.70. The van der Waals surface area contributed by atoms with Crippen LogP contribution in [0.3, 0.4) is 0 Å². The largest absolute Gasteiger partial charge is 0.465 e. The highest BCUT2D eigenvalue weighted by Gasteiger charge is 2.14. The van der Waals surface area contributed by atoms with Crippen molar-refractivity contribution in [2.75, 3.05) is 6.61 Å². The Morgan fingerprint density at radius 1 is 0.958 bits per heavy atom. The zero-order valence-corrected chi connectivity index (χ0v) is 16.1. The Labute approximate surface area is 148 Å². The standard InChI is InChI=1S/C22H36O2/c1-17(2)16-18(3)21-10-12-22(13-11-21)24-19(4)23-15-14-20-8-6-5-7-9-20/h10-13,17-20H,5-9,14-16H2,1-4H3. The Kier molecular flexibility index (Phi) is 8.11. The van der Waals surface area contributed by atoms with Crippen LogP contribution in [0, 0.1) is 11.8 Å². The lowest BCUT2D eigenvalue weighted by molar-refractivity contribution is -0.0711. The van der Waals surface area contributed by atoms with Gasteiger partial charge in [0.2, 0.25) is 0 Å². The van der Waals surface area contributed by atoms with Crippen LogP contribution in [0.2, 0.25) is 0 Å². The monoisotopic (exact) mass is 332 g/mol. The molecule has 136 valence electrons. The van der Waals surface area contributed by atoms with E-state index in [-0.39, 0.29) is 6.29 Å². The van der Waals surface area contributed by atoms with Gasteiger partial charge in [0.15, 0.2) is 6.29 Å². The molecule has 0 N–H and O–H groups in total. The molecule has 2 unspecified atom stereocenters. The van der Waals surface area contributed by atoms with Crippen LogP contribution in [0.1, 0.15) is 84.1 Å². The van der Waals surface area contributed by atoms with E-state index < -0.39 is 0 Å². The fourth-order valence-electron chi connectivity index (χ4n) is 3.82. The van der Waals surface area contributed by atoms with Crippen LogP contribution in [0.4, 0.5) is 0 Å². The Morgan fingerprint density at radius 3 is 2.25 bits per heavy atom. The van der Waals surface area contributed by atoms with E-state index in [4.69, 9.17) is 9.47 Å². The topological polar surface area (TPSA) is 18.5 Å². The van der Waals surface area contributed by atoms with Crippen molar-refractivity contribution in [1.29, 1.82) is 0 Å². The van der Waals surface area contributed by atoms with Crippen molar-refractivity contribution in [3.8, 4) is 5.75 Å². The first-order valence-electron chi connectivity index (χ1n) is 9.92. The summed E-state index contributed by atoms with van der Waals surface area (Å²) in [7, 11) is 0. The van der Waals surface area contributed by atoms with E-state index in [1.54, 1.807) is 0 Å². The summed E-state index contributed by atoms with van der Waals surface area (Å²) in [5.41, 5.74) is 1.39. The van der Waals surface area contributed by atoms with Gasteiger partial charge >= 0.3 is 0 Å². The fourth-order valence-corrected chi connectivity index (χ4v) is 3.82. The minimum atomic E-state index is -0.174. The summed E-state index contributed by atoms with van der Waals surface area (Å²) >= 11 is 0. The maximum absolute atomic E-state index is 5.90. The quantitative estimate of drug-likeness (QED) is 0.477. The number of hydrogen-bond acceptors (Lipinski definition) is 2. The highest BCUT2D eigenvalue weighted by Crippen LogP contribution is 2.27. The molecule has 0 aliphatic heterocycles. The number of rotatable bonds is 9. The fraction of sp³-hybridized carbons (Fsp3) is 0.727. The van der Waals surface area contributed by atoms with Gasteiger partial charge in [-0.25, -0.2) is 0 Å². The lowest BCUT2D eigenvalue weighted by Gasteiger charge is -2.22. The number of hydrogen-bond donors (Lipinski definition) is 0. The minimum absolute atomic E-state index is 0.174. The van der Waals surface area contributed by atoms with Gasteiger partial charge in [-0.2, -0.15) is 0 Å². The smallest absolute Gasteiger partial charge is 0.196 e. The molecule has 1 aromatic rings. The summed E-state index contributed by atoms with van der Waals surface area (Å²) in [4.78, 5) is 0. The molecule has 0 radical (unpaired) electrons. The molecule has 0 amide bonds. The molecule has 0 aromatic heterocycles. The van der Waals surface area contributed by atoms with Crippen LogP contribution in [0.25, 0.3) is 0 Å². The van der Waals surface area contributed by atoms with Gasteiger partial charge in [-0.05, 0) is 55.2 Å². The normalized spacial score (nSPS) is 18.5. The lowest BCUT2D eigenvalue weighted by atomic mass is 9.87. The maximum atomic E-state index is 5.90. The van der Waals surface area contributed by atoms with Crippen molar-refractivity contribution in [3.05, 3.63) is 29.8 Å². The summed E-state index contributed by atoms with van der Waals surface area (Å²) in [6.07, 6.45) is 9.22. The first-order valence-corrected chi connectivity index (χ1v) is 9.92. The van der Waals surface area contributed by atoms with Crippen molar-refractivity contribution in [1.82, 2.24) is 0 Å². The first-order chi connectivity index (χ1) is 11.5. The van der Waals surface area contributed by atoms with Crippen molar-refractivity contribution in [3.63, 3.8) is 0 Å². The molecule has 0 heterocycles. The van der Waals surface area contributed by atoms with Gasteiger partial charge in [0.1, 0.15) is 5.75 Å². The Morgan fingerprint density at radius 2 is 1.62 bits per heavy atom. The van der Waals surface area contributed by atoms with Gasteiger partial charge in [-0.3, -0.25) is 0 Å². The molecule has 24 heavy (non-hydrogen) atoms. The van der Waals surface area contributed by atoms with E-state index in [1.807, 2.05) is 6.92 Å². The third kappa shape index (κ3) is 6.84. The average molecular weight is 333 g/mol. The molecule has 2 rings (SSSR count). The summed E-state index contributed by atoms with van der Waals surface area (Å²) in [5, 5.41) is 0. The molecule has 1 aliphatic carbocycles. The van der Waals surface area contributed by atoms with Gasteiger partial charge in [0.05, 0.1) is 6.61 Å². The minimum Gasteiger partial charge on any atom is -0.465 e. The third-order valence-electron chi connectivity index (χ3n) is 5.18. The van der Waals surface area contributed by atoms with Crippen LogP contribution >= 0.6 is 0 Å². The zero-order chi connectivity index (χ0) is 17.4. The van der Waals surface area contributed by atoms with E-state index in [2.05, 4.69) is 45.0 Å². The molecule has 2 heteroatoms. The summed E-state index contributed by atoms with van der Waals surface area (Å²) in [6.45, 7) is 9.67. The summed E-state index contributed by atoms with van der Waals surface area (Å²) in [5.74, 6) is 3.10. The van der Waals surface area contributed by atoms with Crippen LogP contribution < -0.4 is 4.74 Å². The van der Waals surface area contributed by atoms with Crippen LogP contribution in [0.5, 0.6) is 5.75 Å². The molecule has 2 atom stereocenters. The van der Waals surface area contributed by atoms with E-state index in [0.717, 1.165) is 24.2 Å². The van der Waals surface area contributed by atoms with Crippen LogP contribution in [0.15, 0.2) is 24.3 Å². The molecular formula is C22H36O2. The van der Waals surface area contributed by atoms with Crippen LogP contribution in [-0.4, -0.2) is 12.9 Å². The Hall–Kier alpha value is -1.02. The predicted molar refractivity (Wildman–Crippen MR) is 102 cm³/mol. The number of benzene rings is 1. The van der Waals surface area contributed by atoms with Gasteiger partial charge in [0, 0.05) is 0 Å². The molecule has 1 aromatic carbocycles. The zero-order valence-electron chi connectivity index (χ0n) is 16.1. The van der Waals surface area contributed by atoms with E-state index in [1.165, 1.54) is 50.5 Å². The first kappa shape index (κ1) is 19.3. The predicted octanol–water partition coefficient (Wildman–Crippen LogP) is 6.55. The second kappa shape index (κ2) is 10.1. The molecule has 2 nitrogen and oxygen atoms in total. The van der Waals surface area contributed by atoms with Gasteiger partial charge in [-0.1, -0.05) is 65.0 Å². The maximum Gasteiger partial charge on any atom is 0.196 e. The lowest BCUT2D eigenvalue weighted by Crippen LogP contribution is -2.19. The number of ether oxygens (including phenoxy) is 2. The highest BCUT2D eigenvalue weighted by atomic mass is 16.7. The molecule has 0 saturated heterocycles. The molecule has 1 fully saturated rings. The molecule has 0 bridgehead atoms. The summed E-state index contributed by atoms with van der Waals surface area (Å²) in [6, 6.07) is 8.54. The van der Waals surface area contributed by atoms with Crippen molar-refractivity contribution in [2.45, 2.75) is 84.8 Å². The molecule has 1 saturated carbocycles. The second-order valence-electron chi connectivity index (χ2n) is 7.95. The van der Waals surface area contributed by atoms with E-state index in [0.29, 0.717) is 5.92 Å². The van der Waals surface area contributed by atoms with E-state index in [9.17, 15) is 0 Å². The van der Waals surface area contributed by atoms with Gasteiger partial charge < -0.3 is 9.47 Å². The van der Waals surface area contributed by atoms with Crippen molar-refractivity contribution < 1.29 is 9.47 Å². The van der Waals surface area contributed by atoms with Crippen molar-refractivity contribution in [2.24, 2.45) is 11.8 Å².